The molecule has 0 radical (unpaired) electrons. The molecule has 10 nitrogen and oxygen atoms in total. The minimum absolute atomic E-state index is 0. The van der Waals surface area contributed by atoms with Crippen LogP contribution in [0.3, 0.4) is 0 Å². The molecule has 18 heteroatoms. The fourth-order valence-electron chi connectivity index (χ4n) is 8.33. The zero-order chi connectivity index (χ0) is 37.6. The molecule has 3 aliphatic rings. The van der Waals surface area contributed by atoms with E-state index in [2.05, 4.69) is 40.6 Å². The molecule has 0 unspecified atom stereocenters. The largest absolute Gasteiger partial charge is 0.469 e. The molecule has 2 saturated heterocycles. The second kappa shape index (κ2) is 24.4. The quantitative estimate of drug-likeness (QED) is 0.130. The Balaban J connectivity index is 0.00000497. The molecule has 334 valence electrons. The minimum Gasteiger partial charge on any atom is -0.469 e. The summed E-state index contributed by atoms with van der Waals surface area (Å²) in [5.41, 5.74) is 5.01. The third-order valence-electron chi connectivity index (χ3n) is 11.8. The third kappa shape index (κ3) is 11.7. The second-order valence-electron chi connectivity index (χ2n) is 15.7. The molecular formula is C42H63FN6O4S7. The van der Waals surface area contributed by atoms with E-state index in [9.17, 15) is 14.4 Å². The van der Waals surface area contributed by atoms with Crippen LogP contribution in [0.25, 0.3) is 22.3 Å². The molecule has 4 heterocycles. The second-order valence-corrected chi connectivity index (χ2v) is 15.7. The lowest BCUT2D eigenvalue weighted by atomic mass is 9.88. The van der Waals surface area contributed by atoms with Gasteiger partial charge in [0.2, 0.25) is 11.8 Å². The molecule has 2 bridgehead atoms. The number of fused-ring (bicyclic) bond motifs is 3. The number of piperidine rings is 1. The maximum absolute atomic E-state index is 15.2. The van der Waals surface area contributed by atoms with Crippen molar-refractivity contribution in [1.82, 2.24) is 29.7 Å². The summed E-state index contributed by atoms with van der Waals surface area (Å²) in [7, 11) is 1.32. The van der Waals surface area contributed by atoms with Crippen LogP contribution in [0, 0.1) is 41.4 Å². The molecule has 7 atom stereocenters. The van der Waals surface area contributed by atoms with Crippen molar-refractivity contribution in [3.63, 3.8) is 0 Å². The van der Waals surface area contributed by atoms with Gasteiger partial charge in [-0.25, -0.2) is 14.4 Å². The van der Waals surface area contributed by atoms with Crippen LogP contribution >= 0.6 is 94.5 Å². The zero-order valence-electron chi connectivity index (χ0n) is 34.9. The molecule has 2 N–H and O–H groups in total. The van der Waals surface area contributed by atoms with Crippen LogP contribution in [0.5, 0.6) is 0 Å². The monoisotopic (exact) mass is 958 g/mol. The minimum atomic E-state index is -1.02. The number of amides is 2. The van der Waals surface area contributed by atoms with Crippen molar-refractivity contribution in [1.29, 1.82) is 0 Å². The SMILES string of the molecule is COC(=O)C[C@H](C(=O)N1[C@H]2C[C@@H]([C@H]1c1nc3ccc(C#Cc4ccc(-c5cnc([C@@H]6CCCN6C(=O)[C@@H](C)C(C)C)[nH]5)cc4)cc3[nH]1)[C@@H](F)C2)C(C)C.S.S.S.S.S.S.S. The maximum Gasteiger partial charge on any atom is 0.306 e. The van der Waals surface area contributed by atoms with E-state index >= 15 is 4.39 Å². The van der Waals surface area contributed by atoms with Gasteiger partial charge in [-0.05, 0) is 73.4 Å². The molecule has 4 aromatic rings. The predicted molar refractivity (Wildman–Crippen MR) is 272 cm³/mol. The molecule has 2 aliphatic heterocycles. The standard InChI is InChI=1S/C42H49FN6O4.7H2S/c1-23(2)25(5)41(51)48-17-7-8-36(48)39-44-22-35(47-39)28-14-11-26(12-15-28)9-10-27-13-16-33-34(18-27)46-40(45-33)38-31-19-29(20-32(31)43)49(38)42(52)30(24(3)4)21-37(50)53-6;;;;;;;/h11-16,18,22-25,29-32,36,38H,7-8,17,19-21H2,1-6H3,(H,44,47)(H,45,46);7*1H2/t25-,29-,30-,31+,32-,36-,38-;;;;;;;/m0......./s1. The van der Waals surface area contributed by atoms with E-state index in [1.807, 2.05) is 74.3 Å². The van der Waals surface area contributed by atoms with Gasteiger partial charge in [0.1, 0.15) is 17.8 Å². The predicted octanol–water partition coefficient (Wildman–Crippen LogP) is 7.93. The number of nitrogens with one attached hydrogen (secondary N) is 2. The number of ether oxygens (including phenoxy) is 1. The Labute approximate surface area is 402 Å². The van der Waals surface area contributed by atoms with E-state index in [1.54, 1.807) is 4.90 Å². The molecule has 2 aromatic carbocycles. The van der Waals surface area contributed by atoms with Gasteiger partial charge >= 0.3 is 5.97 Å². The summed E-state index contributed by atoms with van der Waals surface area (Å²) in [5, 5.41) is 0. The number of aromatic nitrogens is 4. The highest BCUT2D eigenvalue weighted by molar-refractivity contribution is 7.60. The van der Waals surface area contributed by atoms with E-state index in [0.717, 1.165) is 53.1 Å². The van der Waals surface area contributed by atoms with Crippen molar-refractivity contribution < 1.29 is 23.5 Å². The number of benzene rings is 2. The lowest BCUT2D eigenvalue weighted by Crippen LogP contribution is -2.47. The molecule has 1 saturated carbocycles. The van der Waals surface area contributed by atoms with Crippen LogP contribution < -0.4 is 0 Å². The molecule has 2 aromatic heterocycles. The first-order chi connectivity index (χ1) is 25.4. The smallest absolute Gasteiger partial charge is 0.306 e. The number of rotatable bonds is 9. The summed E-state index contributed by atoms with van der Waals surface area (Å²) >= 11 is 0. The molecule has 7 rings (SSSR count). The Hall–Kier alpha value is -2.53. The summed E-state index contributed by atoms with van der Waals surface area (Å²) in [6.07, 6.45) is 3.56. The van der Waals surface area contributed by atoms with Crippen molar-refractivity contribution in [3.8, 4) is 23.1 Å². The highest BCUT2D eigenvalue weighted by atomic mass is 32.1. The van der Waals surface area contributed by atoms with Gasteiger partial charge in [-0.15, -0.1) is 0 Å². The number of H-pyrrole nitrogens is 2. The van der Waals surface area contributed by atoms with Crippen LogP contribution in [-0.2, 0) is 19.1 Å². The van der Waals surface area contributed by atoms with Crippen LogP contribution in [0.4, 0.5) is 4.39 Å². The normalized spacial score (nSPS) is 20.7. The number of carbonyl (C=O) groups is 3. The first kappa shape index (κ1) is 57.5. The van der Waals surface area contributed by atoms with Crippen molar-refractivity contribution in [2.24, 2.45) is 29.6 Å². The van der Waals surface area contributed by atoms with Gasteiger partial charge in [0.15, 0.2) is 0 Å². The number of nitrogens with zero attached hydrogens (tertiary/aromatic N) is 4. The first-order valence-electron chi connectivity index (χ1n) is 18.9. The molecule has 0 spiro atoms. The van der Waals surface area contributed by atoms with Crippen molar-refractivity contribution in [3.05, 3.63) is 71.4 Å². The average molecular weight is 959 g/mol. The van der Waals surface area contributed by atoms with E-state index < -0.39 is 24.1 Å². The van der Waals surface area contributed by atoms with Gasteiger partial charge in [0.05, 0.1) is 54.5 Å². The summed E-state index contributed by atoms with van der Waals surface area (Å²) in [5.74, 6) is 6.77. The number of carbonyl (C=O) groups excluding carboxylic acids is 3. The van der Waals surface area contributed by atoms with Gasteiger partial charge < -0.3 is 24.5 Å². The van der Waals surface area contributed by atoms with E-state index in [0.29, 0.717) is 24.2 Å². The molecule has 1 aliphatic carbocycles. The summed E-state index contributed by atoms with van der Waals surface area (Å²) in [4.78, 5) is 59.4. The van der Waals surface area contributed by atoms with Crippen LogP contribution in [0.1, 0.15) is 102 Å². The van der Waals surface area contributed by atoms with Gasteiger partial charge in [-0.1, -0.05) is 58.6 Å². The topological polar surface area (TPSA) is 124 Å². The van der Waals surface area contributed by atoms with E-state index in [4.69, 9.17) is 9.72 Å². The Morgan fingerprint density at radius 3 is 2.13 bits per heavy atom. The number of alkyl halides is 1. The van der Waals surface area contributed by atoms with Crippen molar-refractivity contribution >= 4 is 123 Å². The zero-order valence-corrected chi connectivity index (χ0v) is 41.9. The molecular weight excluding hydrogens is 896 g/mol. The average Bonchev–Trinajstić information content (AvgIpc) is 3.99. The van der Waals surface area contributed by atoms with Crippen LogP contribution in [0.15, 0.2) is 48.7 Å². The van der Waals surface area contributed by atoms with Gasteiger partial charge in [0, 0.05) is 35.5 Å². The Bertz CT molecular complexity index is 2090. The lowest BCUT2D eigenvalue weighted by molar-refractivity contribution is -0.151. The number of halogens is 1. The number of methoxy groups -OCH3 is 1. The number of hydrogen-bond donors (Lipinski definition) is 2. The Kier molecular flexibility index (Phi) is 23.3. The van der Waals surface area contributed by atoms with E-state index in [1.165, 1.54) is 7.11 Å². The fourth-order valence-corrected chi connectivity index (χ4v) is 8.33. The molecule has 2 amide bonds. The first-order valence-corrected chi connectivity index (χ1v) is 18.9. The summed E-state index contributed by atoms with van der Waals surface area (Å²) in [6.45, 7) is 10.8. The van der Waals surface area contributed by atoms with Gasteiger partial charge in [-0.2, -0.15) is 94.5 Å². The van der Waals surface area contributed by atoms with Crippen molar-refractivity contribution in [2.45, 2.75) is 91.0 Å². The maximum atomic E-state index is 15.2. The Morgan fingerprint density at radius 2 is 1.50 bits per heavy atom. The van der Waals surface area contributed by atoms with Crippen LogP contribution in [0.2, 0.25) is 0 Å². The van der Waals surface area contributed by atoms with E-state index in [-0.39, 0.29) is 148 Å². The fraction of sp³-hybridized carbons (Fsp3) is 0.500. The highest BCUT2D eigenvalue weighted by Gasteiger charge is 2.56. The number of imidazole rings is 2. The van der Waals surface area contributed by atoms with Crippen molar-refractivity contribution in [2.75, 3.05) is 13.7 Å². The number of hydrogen-bond acceptors (Lipinski definition) is 6. The summed E-state index contributed by atoms with van der Waals surface area (Å²) in [6, 6.07) is 12.9. The summed E-state index contributed by atoms with van der Waals surface area (Å²) < 4.78 is 20.1. The number of esters is 1. The number of aromatic amines is 2. The lowest BCUT2D eigenvalue weighted by Gasteiger charge is -2.38. The highest BCUT2D eigenvalue weighted by Crippen LogP contribution is 2.52. The molecule has 3 fully saturated rings. The molecule has 60 heavy (non-hydrogen) atoms. The van der Waals surface area contributed by atoms with Gasteiger partial charge in [-0.3, -0.25) is 14.4 Å². The number of likely N-dealkylation sites (tertiary alicyclic amines) is 2. The van der Waals surface area contributed by atoms with Gasteiger partial charge in [0.25, 0.3) is 0 Å². The third-order valence-corrected chi connectivity index (χ3v) is 11.8. The van der Waals surface area contributed by atoms with Crippen LogP contribution in [-0.4, -0.2) is 73.4 Å². The Morgan fingerprint density at radius 1 is 0.850 bits per heavy atom.